The molecule has 0 saturated carbocycles. The van der Waals surface area contributed by atoms with Crippen LogP contribution >= 0.6 is 0 Å². The van der Waals surface area contributed by atoms with Gasteiger partial charge in [-0.2, -0.15) is 0 Å². The molecule has 5 nitrogen and oxygen atoms in total. The minimum absolute atomic E-state index is 0.0213. The van der Waals surface area contributed by atoms with Crippen molar-refractivity contribution in [3.63, 3.8) is 0 Å². The van der Waals surface area contributed by atoms with Crippen LogP contribution in [0.15, 0.2) is 42.5 Å². The topological polar surface area (TPSA) is 42.0 Å². The number of carbonyl (C=O) groups is 1. The molecule has 0 radical (unpaired) electrons. The number of carbonyl (C=O) groups excluding carboxylic acids is 1. The summed E-state index contributed by atoms with van der Waals surface area (Å²) in [6.07, 6.45) is 0. The van der Waals surface area contributed by atoms with Crippen molar-refractivity contribution < 1.29 is 14.3 Å². The molecule has 0 atom stereocenters. The molecule has 2 rings (SSSR count). The molecular formula is C22H30N2O3. The highest BCUT2D eigenvalue weighted by atomic mass is 16.5. The van der Waals surface area contributed by atoms with Crippen molar-refractivity contribution in [2.45, 2.75) is 33.4 Å². The fourth-order valence-electron chi connectivity index (χ4n) is 3.17. The van der Waals surface area contributed by atoms with Crippen molar-refractivity contribution in [3.8, 4) is 11.5 Å². The summed E-state index contributed by atoms with van der Waals surface area (Å²) in [6, 6.07) is 13.9. The number of anilines is 1. The molecule has 0 aliphatic heterocycles. The van der Waals surface area contributed by atoms with E-state index in [0.717, 1.165) is 23.5 Å². The zero-order chi connectivity index (χ0) is 20.0. The molecule has 2 aromatic carbocycles. The van der Waals surface area contributed by atoms with Gasteiger partial charge >= 0.3 is 0 Å². The number of methoxy groups -OCH3 is 2. The fraction of sp³-hybridized carbons (Fsp3) is 0.409. The van der Waals surface area contributed by atoms with Crippen LogP contribution in [0.3, 0.4) is 0 Å². The number of nitrogens with zero attached hydrogens (tertiary/aromatic N) is 2. The Hall–Kier alpha value is -2.69. The maximum Gasteiger partial charge on any atom is 0.253 e. The summed E-state index contributed by atoms with van der Waals surface area (Å²) in [7, 11) is 5.03. The SMILES string of the molecule is CCN(c1ccc(C(=O)N(C)Cc2ccc(OC)cc2OC)cc1)C(C)C. The molecule has 0 N–H and O–H groups in total. The minimum atomic E-state index is -0.0213. The van der Waals surface area contributed by atoms with Crippen LogP contribution < -0.4 is 14.4 Å². The Morgan fingerprint density at radius 1 is 1.04 bits per heavy atom. The monoisotopic (exact) mass is 370 g/mol. The van der Waals surface area contributed by atoms with Crippen molar-refractivity contribution in [2.75, 3.05) is 32.7 Å². The molecule has 0 heterocycles. The van der Waals surface area contributed by atoms with Crippen LogP contribution in [-0.2, 0) is 6.54 Å². The first-order valence-electron chi connectivity index (χ1n) is 9.24. The van der Waals surface area contributed by atoms with Crippen molar-refractivity contribution in [2.24, 2.45) is 0 Å². The van der Waals surface area contributed by atoms with Crippen LogP contribution in [0.25, 0.3) is 0 Å². The Kier molecular flexibility index (Phi) is 7.11. The third kappa shape index (κ3) is 4.94. The van der Waals surface area contributed by atoms with Gasteiger partial charge in [-0.3, -0.25) is 4.79 Å². The molecule has 0 aromatic heterocycles. The van der Waals surface area contributed by atoms with E-state index in [9.17, 15) is 4.79 Å². The Morgan fingerprint density at radius 3 is 2.22 bits per heavy atom. The van der Waals surface area contributed by atoms with Gasteiger partial charge in [-0.15, -0.1) is 0 Å². The van der Waals surface area contributed by atoms with Crippen molar-refractivity contribution in [3.05, 3.63) is 53.6 Å². The van der Waals surface area contributed by atoms with E-state index in [4.69, 9.17) is 9.47 Å². The van der Waals surface area contributed by atoms with E-state index in [2.05, 4.69) is 25.7 Å². The molecule has 0 aliphatic carbocycles. The lowest BCUT2D eigenvalue weighted by atomic mass is 10.1. The molecule has 2 aromatic rings. The Balaban J connectivity index is 2.13. The highest BCUT2D eigenvalue weighted by Gasteiger charge is 2.16. The third-order valence-corrected chi connectivity index (χ3v) is 4.66. The number of amides is 1. The lowest BCUT2D eigenvalue weighted by molar-refractivity contribution is 0.0784. The van der Waals surface area contributed by atoms with E-state index in [1.165, 1.54) is 0 Å². The fourth-order valence-corrected chi connectivity index (χ4v) is 3.17. The molecule has 5 heteroatoms. The number of rotatable bonds is 8. The molecule has 0 fully saturated rings. The Bertz CT molecular complexity index is 757. The van der Waals surface area contributed by atoms with E-state index in [-0.39, 0.29) is 5.91 Å². The van der Waals surface area contributed by atoms with Gasteiger partial charge in [0.15, 0.2) is 0 Å². The molecule has 0 bridgehead atoms. The normalized spacial score (nSPS) is 10.6. The molecule has 0 aliphatic rings. The first-order valence-corrected chi connectivity index (χ1v) is 9.24. The quantitative estimate of drug-likeness (QED) is 0.698. The van der Waals surface area contributed by atoms with Crippen LogP contribution in [0.1, 0.15) is 36.7 Å². The summed E-state index contributed by atoms with van der Waals surface area (Å²) in [5, 5.41) is 0. The van der Waals surface area contributed by atoms with E-state index < -0.39 is 0 Å². The second-order valence-corrected chi connectivity index (χ2v) is 6.77. The average Bonchev–Trinajstić information content (AvgIpc) is 2.68. The van der Waals surface area contributed by atoms with Crippen molar-refractivity contribution in [1.29, 1.82) is 0 Å². The Morgan fingerprint density at radius 2 is 1.70 bits per heavy atom. The maximum atomic E-state index is 12.8. The second kappa shape index (κ2) is 9.31. The molecule has 0 unspecified atom stereocenters. The predicted molar refractivity (Wildman–Crippen MR) is 110 cm³/mol. The highest BCUT2D eigenvalue weighted by Crippen LogP contribution is 2.26. The van der Waals surface area contributed by atoms with Gasteiger partial charge in [-0.1, -0.05) is 0 Å². The molecule has 0 saturated heterocycles. The smallest absolute Gasteiger partial charge is 0.253 e. The predicted octanol–water partition coefficient (Wildman–Crippen LogP) is 4.21. The summed E-state index contributed by atoms with van der Waals surface area (Å²) in [5.74, 6) is 1.41. The summed E-state index contributed by atoms with van der Waals surface area (Å²) in [4.78, 5) is 16.8. The van der Waals surface area contributed by atoms with Gasteiger partial charge in [-0.05, 0) is 57.2 Å². The zero-order valence-electron chi connectivity index (χ0n) is 17.2. The summed E-state index contributed by atoms with van der Waals surface area (Å²) in [5.41, 5.74) is 2.74. The van der Waals surface area contributed by atoms with E-state index >= 15 is 0 Å². The summed E-state index contributed by atoms with van der Waals surface area (Å²) >= 11 is 0. The Labute approximate surface area is 162 Å². The average molecular weight is 370 g/mol. The molecule has 27 heavy (non-hydrogen) atoms. The van der Waals surface area contributed by atoms with Crippen LogP contribution in [0.5, 0.6) is 11.5 Å². The molecule has 1 amide bonds. The standard InChI is InChI=1S/C22H30N2O3/c1-7-24(16(2)3)19-11-8-17(9-12-19)22(25)23(4)15-18-10-13-20(26-5)14-21(18)27-6/h8-14,16H,7,15H2,1-6H3. The van der Waals surface area contributed by atoms with Gasteiger partial charge < -0.3 is 19.3 Å². The van der Waals surface area contributed by atoms with Crippen molar-refractivity contribution >= 4 is 11.6 Å². The van der Waals surface area contributed by atoms with Gasteiger partial charge in [-0.25, -0.2) is 0 Å². The number of ether oxygens (including phenoxy) is 2. The zero-order valence-corrected chi connectivity index (χ0v) is 17.2. The summed E-state index contributed by atoms with van der Waals surface area (Å²) < 4.78 is 10.7. The second-order valence-electron chi connectivity index (χ2n) is 6.77. The van der Waals surface area contributed by atoms with Gasteiger partial charge in [0, 0.05) is 49.1 Å². The molecule has 0 spiro atoms. The van der Waals surface area contributed by atoms with Crippen LogP contribution in [0, 0.1) is 0 Å². The highest BCUT2D eigenvalue weighted by molar-refractivity contribution is 5.94. The summed E-state index contributed by atoms with van der Waals surface area (Å²) in [6.45, 7) is 7.86. The number of benzene rings is 2. The lowest BCUT2D eigenvalue weighted by Crippen LogP contribution is -2.30. The first kappa shape index (κ1) is 20.6. The number of hydrogen-bond acceptors (Lipinski definition) is 4. The van der Waals surface area contributed by atoms with Gasteiger partial charge in [0.1, 0.15) is 11.5 Å². The van der Waals surface area contributed by atoms with E-state index in [0.29, 0.717) is 23.9 Å². The third-order valence-electron chi connectivity index (χ3n) is 4.66. The molecule has 146 valence electrons. The van der Waals surface area contributed by atoms with Crippen LogP contribution in [0.4, 0.5) is 5.69 Å². The van der Waals surface area contributed by atoms with Gasteiger partial charge in [0.2, 0.25) is 0 Å². The van der Waals surface area contributed by atoms with Crippen LogP contribution in [-0.4, -0.2) is 44.7 Å². The largest absolute Gasteiger partial charge is 0.497 e. The van der Waals surface area contributed by atoms with Gasteiger partial charge in [0.05, 0.1) is 14.2 Å². The maximum absolute atomic E-state index is 12.8. The van der Waals surface area contributed by atoms with E-state index in [1.54, 1.807) is 26.2 Å². The van der Waals surface area contributed by atoms with Crippen molar-refractivity contribution in [1.82, 2.24) is 4.90 Å². The lowest BCUT2D eigenvalue weighted by Gasteiger charge is -2.27. The first-order chi connectivity index (χ1) is 12.9. The molecular weight excluding hydrogens is 340 g/mol. The van der Waals surface area contributed by atoms with E-state index in [1.807, 2.05) is 42.5 Å². The van der Waals surface area contributed by atoms with Crippen LogP contribution in [0.2, 0.25) is 0 Å². The van der Waals surface area contributed by atoms with Gasteiger partial charge in [0.25, 0.3) is 5.91 Å². The number of hydrogen-bond donors (Lipinski definition) is 0. The minimum Gasteiger partial charge on any atom is -0.497 e.